The maximum absolute atomic E-state index is 12.5. The zero-order valence-corrected chi connectivity index (χ0v) is 15.4. The summed E-state index contributed by atoms with van der Waals surface area (Å²) >= 11 is 5.22. The van der Waals surface area contributed by atoms with Crippen molar-refractivity contribution in [3.63, 3.8) is 0 Å². The van der Waals surface area contributed by atoms with Gasteiger partial charge < -0.3 is 14.8 Å². The fraction of sp³-hybridized carbons (Fsp3) is 0.263. The van der Waals surface area contributed by atoms with E-state index in [4.69, 9.17) is 21.7 Å². The molecule has 0 atom stereocenters. The van der Waals surface area contributed by atoms with E-state index in [1.807, 2.05) is 24.3 Å². The minimum atomic E-state index is -0.320. The van der Waals surface area contributed by atoms with Gasteiger partial charge in [-0.05, 0) is 42.4 Å². The number of methoxy groups -OCH3 is 1. The molecule has 0 aliphatic heterocycles. The zero-order valence-electron chi connectivity index (χ0n) is 14.5. The van der Waals surface area contributed by atoms with Crippen molar-refractivity contribution in [2.45, 2.75) is 13.8 Å². The second-order valence-corrected chi connectivity index (χ2v) is 6.25. The van der Waals surface area contributed by atoms with Crippen LogP contribution in [0.5, 0.6) is 11.5 Å². The molecule has 132 valence electrons. The fourth-order valence-corrected chi connectivity index (χ4v) is 2.28. The number of nitrogens with one attached hydrogen (secondary N) is 2. The van der Waals surface area contributed by atoms with Crippen molar-refractivity contribution < 1.29 is 14.3 Å². The first-order chi connectivity index (χ1) is 12.0. The number of carbonyl (C=O) groups is 1. The van der Waals surface area contributed by atoms with E-state index in [1.165, 1.54) is 0 Å². The predicted octanol–water partition coefficient (Wildman–Crippen LogP) is 3.86. The first kappa shape index (κ1) is 18.7. The van der Waals surface area contributed by atoms with Crippen LogP contribution in [0.15, 0.2) is 48.5 Å². The third-order valence-corrected chi connectivity index (χ3v) is 3.46. The maximum atomic E-state index is 12.5. The van der Waals surface area contributed by atoms with Crippen LogP contribution in [-0.2, 0) is 0 Å². The number of thiocarbonyl (C=S) groups is 1. The van der Waals surface area contributed by atoms with Crippen LogP contribution < -0.4 is 20.1 Å². The van der Waals surface area contributed by atoms with E-state index >= 15 is 0 Å². The summed E-state index contributed by atoms with van der Waals surface area (Å²) in [5.74, 6) is 1.29. The lowest BCUT2D eigenvalue weighted by atomic mass is 10.2. The van der Waals surface area contributed by atoms with E-state index in [1.54, 1.807) is 31.4 Å². The molecule has 0 aromatic heterocycles. The molecule has 5 nitrogen and oxygen atoms in total. The van der Waals surface area contributed by atoms with Gasteiger partial charge in [0.1, 0.15) is 11.5 Å². The Bertz CT molecular complexity index is 747. The molecule has 25 heavy (non-hydrogen) atoms. The Morgan fingerprint density at radius 1 is 1.16 bits per heavy atom. The molecule has 2 aromatic carbocycles. The average molecular weight is 358 g/mol. The van der Waals surface area contributed by atoms with Crippen LogP contribution in [-0.4, -0.2) is 24.7 Å². The smallest absolute Gasteiger partial charge is 0.261 e. The molecule has 0 spiro atoms. The number of ether oxygens (including phenoxy) is 2. The van der Waals surface area contributed by atoms with Gasteiger partial charge in [0.05, 0.1) is 19.3 Å². The van der Waals surface area contributed by atoms with E-state index in [-0.39, 0.29) is 11.0 Å². The molecule has 0 radical (unpaired) electrons. The summed E-state index contributed by atoms with van der Waals surface area (Å²) in [6.45, 7) is 4.64. The van der Waals surface area contributed by atoms with Crippen molar-refractivity contribution in [2.24, 2.45) is 5.92 Å². The van der Waals surface area contributed by atoms with Crippen molar-refractivity contribution in [3.05, 3.63) is 54.1 Å². The van der Waals surface area contributed by atoms with Crippen molar-refractivity contribution in [1.29, 1.82) is 0 Å². The van der Waals surface area contributed by atoms with Crippen LogP contribution in [0.4, 0.5) is 5.69 Å². The van der Waals surface area contributed by atoms with Gasteiger partial charge in [0.2, 0.25) is 0 Å². The standard InChI is InChI=1S/C19H22N2O3S/c1-13(2)12-24-17-10-5-4-9-16(17)18(22)21-19(25)20-14-7-6-8-15(11-14)23-3/h4-11,13H,12H2,1-3H3,(H2,20,21,22,25). The molecule has 2 rings (SSSR count). The summed E-state index contributed by atoms with van der Waals surface area (Å²) in [5, 5.41) is 5.84. The Hall–Kier alpha value is -2.60. The molecule has 2 aromatic rings. The molecule has 0 saturated heterocycles. The van der Waals surface area contributed by atoms with Gasteiger partial charge in [-0.3, -0.25) is 10.1 Å². The maximum Gasteiger partial charge on any atom is 0.261 e. The molecule has 0 aliphatic carbocycles. The molecule has 0 aliphatic rings. The van der Waals surface area contributed by atoms with Gasteiger partial charge >= 0.3 is 0 Å². The first-order valence-electron chi connectivity index (χ1n) is 7.98. The van der Waals surface area contributed by atoms with Gasteiger partial charge in [0.15, 0.2) is 5.11 Å². The minimum Gasteiger partial charge on any atom is -0.497 e. The van der Waals surface area contributed by atoms with E-state index in [0.29, 0.717) is 29.6 Å². The van der Waals surface area contributed by atoms with Gasteiger partial charge in [-0.2, -0.15) is 0 Å². The Kier molecular flexibility index (Phi) is 6.77. The second kappa shape index (κ2) is 9.03. The number of rotatable bonds is 6. The monoisotopic (exact) mass is 358 g/mol. The topological polar surface area (TPSA) is 59.6 Å². The summed E-state index contributed by atoms with van der Waals surface area (Å²) in [7, 11) is 1.59. The van der Waals surface area contributed by atoms with Crippen LogP contribution in [0, 0.1) is 5.92 Å². The molecular formula is C19H22N2O3S. The van der Waals surface area contributed by atoms with Crippen molar-refractivity contribution in [1.82, 2.24) is 5.32 Å². The summed E-state index contributed by atoms with van der Waals surface area (Å²) in [6.07, 6.45) is 0. The quantitative estimate of drug-likeness (QED) is 0.768. The number of hydrogen-bond acceptors (Lipinski definition) is 4. The average Bonchev–Trinajstić information content (AvgIpc) is 2.60. The summed E-state index contributed by atoms with van der Waals surface area (Å²) in [5.41, 5.74) is 1.17. The number of benzene rings is 2. The van der Waals surface area contributed by atoms with E-state index < -0.39 is 0 Å². The van der Waals surface area contributed by atoms with Crippen molar-refractivity contribution in [3.8, 4) is 11.5 Å². The molecule has 2 N–H and O–H groups in total. The normalized spacial score (nSPS) is 10.2. The van der Waals surface area contributed by atoms with Gasteiger partial charge in [-0.25, -0.2) is 0 Å². The highest BCUT2D eigenvalue weighted by Gasteiger charge is 2.14. The molecule has 1 amide bonds. The van der Waals surface area contributed by atoms with Gasteiger partial charge in [-0.15, -0.1) is 0 Å². The van der Waals surface area contributed by atoms with Crippen molar-refractivity contribution in [2.75, 3.05) is 19.0 Å². The Morgan fingerprint density at radius 2 is 1.92 bits per heavy atom. The number of hydrogen-bond donors (Lipinski definition) is 2. The highest BCUT2D eigenvalue weighted by molar-refractivity contribution is 7.80. The molecule has 0 bridgehead atoms. The van der Waals surface area contributed by atoms with Crippen LogP contribution in [0.25, 0.3) is 0 Å². The highest BCUT2D eigenvalue weighted by atomic mass is 32.1. The fourth-order valence-electron chi connectivity index (χ4n) is 2.07. The predicted molar refractivity (Wildman–Crippen MR) is 103 cm³/mol. The number of amides is 1. The summed E-state index contributed by atoms with van der Waals surface area (Å²) in [6, 6.07) is 14.4. The Balaban J connectivity index is 2.02. The van der Waals surface area contributed by atoms with Crippen LogP contribution in [0.1, 0.15) is 24.2 Å². The van der Waals surface area contributed by atoms with Gasteiger partial charge in [0.25, 0.3) is 5.91 Å². The summed E-state index contributed by atoms with van der Waals surface area (Å²) < 4.78 is 10.9. The molecule has 0 heterocycles. The third kappa shape index (κ3) is 5.76. The molecule has 0 saturated carbocycles. The van der Waals surface area contributed by atoms with Gasteiger partial charge in [-0.1, -0.05) is 32.0 Å². The number of carbonyl (C=O) groups excluding carboxylic acids is 1. The lowest BCUT2D eigenvalue weighted by Gasteiger charge is -2.14. The molecular weight excluding hydrogens is 336 g/mol. The Morgan fingerprint density at radius 3 is 2.64 bits per heavy atom. The number of para-hydroxylation sites is 1. The lowest BCUT2D eigenvalue weighted by molar-refractivity contribution is 0.0973. The van der Waals surface area contributed by atoms with Crippen LogP contribution >= 0.6 is 12.2 Å². The SMILES string of the molecule is COc1cccc(NC(=S)NC(=O)c2ccccc2OCC(C)C)c1. The molecule has 0 unspecified atom stereocenters. The minimum absolute atomic E-state index is 0.205. The van der Waals surface area contributed by atoms with Gasteiger partial charge in [0, 0.05) is 11.8 Å². The second-order valence-electron chi connectivity index (χ2n) is 5.84. The van der Waals surface area contributed by atoms with Crippen LogP contribution in [0.3, 0.4) is 0 Å². The zero-order chi connectivity index (χ0) is 18.2. The van der Waals surface area contributed by atoms with Crippen LogP contribution in [0.2, 0.25) is 0 Å². The van der Waals surface area contributed by atoms with E-state index in [2.05, 4.69) is 24.5 Å². The lowest BCUT2D eigenvalue weighted by Crippen LogP contribution is -2.34. The third-order valence-electron chi connectivity index (χ3n) is 3.26. The van der Waals surface area contributed by atoms with E-state index in [0.717, 1.165) is 5.69 Å². The first-order valence-corrected chi connectivity index (χ1v) is 8.38. The highest BCUT2D eigenvalue weighted by Crippen LogP contribution is 2.19. The summed E-state index contributed by atoms with van der Waals surface area (Å²) in [4.78, 5) is 12.5. The van der Waals surface area contributed by atoms with Crippen molar-refractivity contribution >= 4 is 28.9 Å². The number of anilines is 1. The molecule has 6 heteroatoms. The molecule has 0 fully saturated rings. The Labute approximate surface area is 153 Å². The van der Waals surface area contributed by atoms with E-state index in [9.17, 15) is 4.79 Å². The largest absolute Gasteiger partial charge is 0.497 e.